The predicted molar refractivity (Wildman–Crippen MR) is 80.8 cm³/mol. The largest absolute Gasteiger partial charge is 0.397 e. The molecule has 0 saturated heterocycles. The van der Waals surface area contributed by atoms with Crippen LogP contribution >= 0.6 is 0 Å². The molecular formula is C16H12N4. The second kappa shape index (κ2) is 4.06. The molecular weight excluding hydrogens is 248 g/mol. The van der Waals surface area contributed by atoms with E-state index in [9.17, 15) is 0 Å². The lowest BCUT2D eigenvalue weighted by atomic mass is 10.1. The lowest BCUT2D eigenvalue weighted by Crippen LogP contribution is -1.96. The highest BCUT2D eigenvalue weighted by Gasteiger charge is 2.09. The quantitative estimate of drug-likeness (QED) is 0.535. The van der Waals surface area contributed by atoms with Crippen LogP contribution in [0.15, 0.2) is 61.1 Å². The van der Waals surface area contributed by atoms with Crippen LogP contribution in [0.3, 0.4) is 0 Å². The molecule has 4 heteroatoms. The normalized spacial score (nSPS) is 11.2. The molecule has 0 radical (unpaired) electrons. The van der Waals surface area contributed by atoms with Crippen molar-refractivity contribution in [2.75, 3.05) is 5.73 Å². The number of pyridine rings is 1. The molecule has 0 aliphatic heterocycles. The van der Waals surface area contributed by atoms with E-state index in [4.69, 9.17) is 5.73 Å². The molecule has 20 heavy (non-hydrogen) atoms. The summed E-state index contributed by atoms with van der Waals surface area (Å²) in [7, 11) is 0. The zero-order chi connectivity index (χ0) is 13.5. The minimum Gasteiger partial charge on any atom is -0.397 e. The van der Waals surface area contributed by atoms with Crippen molar-refractivity contribution < 1.29 is 0 Å². The molecule has 4 nitrogen and oxygen atoms in total. The van der Waals surface area contributed by atoms with Crippen molar-refractivity contribution in [2.24, 2.45) is 0 Å². The maximum Gasteiger partial charge on any atom is 0.100 e. The number of hydrogen-bond acceptors (Lipinski definition) is 3. The smallest absolute Gasteiger partial charge is 0.100 e. The lowest BCUT2D eigenvalue weighted by molar-refractivity contribution is 1.10. The molecule has 0 atom stereocenters. The Morgan fingerprint density at radius 3 is 2.75 bits per heavy atom. The molecule has 0 aliphatic carbocycles. The summed E-state index contributed by atoms with van der Waals surface area (Å²) in [5.41, 5.74) is 10.6. The molecule has 2 aromatic carbocycles. The van der Waals surface area contributed by atoms with Crippen molar-refractivity contribution in [1.82, 2.24) is 14.5 Å². The highest BCUT2D eigenvalue weighted by Crippen LogP contribution is 2.26. The van der Waals surface area contributed by atoms with E-state index in [1.54, 1.807) is 6.20 Å². The SMILES string of the molecule is Nc1cccc2c(-n3cnc4ccccc43)ccnc12. The average molecular weight is 260 g/mol. The van der Waals surface area contributed by atoms with Gasteiger partial charge in [0.15, 0.2) is 0 Å². The Morgan fingerprint density at radius 1 is 0.900 bits per heavy atom. The fourth-order valence-corrected chi connectivity index (χ4v) is 2.55. The van der Waals surface area contributed by atoms with Gasteiger partial charge >= 0.3 is 0 Å². The second-order valence-corrected chi connectivity index (χ2v) is 4.68. The number of nitrogens with two attached hydrogens (primary N) is 1. The summed E-state index contributed by atoms with van der Waals surface area (Å²) >= 11 is 0. The Kier molecular flexibility index (Phi) is 2.23. The summed E-state index contributed by atoms with van der Waals surface area (Å²) in [5.74, 6) is 0. The lowest BCUT2D eigenvalue weighted by Gasteiger charge is -2.09. The van der Waals surface area contributed by atoms with E-state index < -0.39 is 0 Å². The van der Waals surface area contributed by atoms with Crippen molar-refractivity contribution in [3.05, 3.63) is 61.1 Å². The molecule has 4 rings (SSSR count). The van der Waals surface area contributed by atoms with Crippen LogP contribution in [0.5, 0.6) is 0 Å². The van der Waals surface area contributed by atoms with Crippen LogP contribution in [0.1, 0.15) is 0 Å². The number of nitrogen functional groups attached to an aromatic ring is 1. The first-order chi connectivity index (χ1) is 9.84. The molecule has 96 valence electrons. The highest BCUT2D eigenvalue weighted by atomic mass is 15.1. The first kappa shape index (κ1) is 11.0. The van der Waals surface area contributed by atoms with Gasteiger partial charge < -0.3 is 5.73 Å². The van der Waals surface area contributed by atoms with Gasteiger partial charge in [0.1, 0.15) is 6.33 Å². The molecule has 2 aromatic heterocycles. The first-order valence-electron chi connectivity index (χ1n) is 6.40. The fourth-order valence-electron chi connectivity index (χ4n) is 2.55. The van der Waals surface area contributed by atoms with Gasteiger partial charge in [0.25, 0.3) is 0 Å². The van der Waals surface area contributed by atoms with Crippen LogP contribution in [0, 0.1) is 0 Å². The number of fused-ring (bicyclic) bond motifs is 2. The molecule has 0 bridgehead atoms. The van der Waals surface area contributed by atoms with E-state index in [1.165, 1.54) is 0 Å². The maximum absolute atomic E-state index is 6.00. The maximum atomic E-state index is 6.00. The fraction of sp³-hybridized carbons (Fsp3) is 0. The second-order valence-electron chi connectivity index (χ2n) is 4.68. The molecule has 2 heterocycles. The van der Waals surface area contributed by atoms with Gasteiger partial charge in [-0.15, -0.1) is 0 Å². The van der Waals surface area contributed by atoms with Gasteiger partial charge in [0.2, 0.25) is 0 Å². The van der Waals surface area contributed by atoms with Gasteiger partial charge in [-0.3, -0.25) is 9.55 Å². The van der Waals surface area contributed by atoms with Gasteiger partial charge in [-0.2, -0.15) is 0 Å². The van der Waals surface area contributed by atoms with Gasteiger partial charge in [-0.1, -0.05) is 24.3 Å². The predicted octanol–water partition coefficient (Wildman–Crippen LogP) is 3.16. The molecule has 0 aliphatic rings. The van der Waals surface area contributed by atoms with Crippen molar-refractivity contribution in [3.63, 3.8) is 0 Å². The summed E-state index contributed by atoms with van der Waals surface area (Å²) in [5, 5.41) is 1.02. The van der Waals surface area contributed by atoms with Crippen molar-refractivity contribution in [1.29, 1.82) is 0 Å². The third-order valence-electron chi connectivity index (χ3n) is 3.49. The van der Waals surface area contributed by atoms with Crippen molar-refractivity contribution in [2.45, 2.75) is 0 Å². The number of hydrogen-bond donors (Lipinski definition) is 1. The van der Waals surface area contributed by atoms with Crippen LogP contribution in [-0.4, -0.2) is 14.5 Å². The van der Waals surface area contributed by atoms with Crippen LogP contribution in [0.25, 0.3) is 27.6 Å². The van der Waals surface area contributed by atoms with Crippen LogP contribution in [-0.2, 0) is 0 Å². The topological polar surface area (TPSA) is 56.7 Å². The third-order valence-corrected chi connectivity index (χ3v) is 3.49. The summed E-state index contributed by atoms with van der Waals surface area (Å²) in [4.78, 5) is 8.81. The number of rotatable bonds is 1. The molecule has 2 N–H and O–H groups in total. The van der Waals surface area contributed by atoms with Crippen LogP contribution in [0.4, 0.5) is 5.69 Å². The highest BCUT2D eigenvalue weighted by molar-refractivity contribution is 5.96. The zero-order valence-electron chi connectivity index (χ0n) is 10.7. The number of para-hydroxylation sites is 3. The summed E-state index contributed by atoms with van der Waals surface area (Å²) < 4.78 is 2.07. The molecule has 0 spiro atoms. The number of imidazole rings is 1. The van der Waals surface area contributed by atoms with Gasteiger partial charge in [-0.05, 0) is 24.3 Å². The number of nitrogens with zero attached hydrogens (tertiary/aromatic N) is 3. The first-order valence-corrected chi connectivity index (χ1v) is 6.40. The Balaban J connectivity index is 2.10. The molecule has 0 saturated carbocycles. The van der Waals surface area contributed by atoms with E-state index >= 15 is 0 Å². The van der Waals surface area contributed by atoms with E-state index in [0.717, 1.165) is 27.6 Å². The van der Waals surface area contributed by atoms with Crippen molar-refractivity contribution >= 4 is 27.6 Å². The molecule has 4 aromatic rings. The summed E-state index contributed by atoms with van der Waals surface area (Å²) in [6.07, 6.45) is 3.62. The molecule has 0 fully saturated rings. The van der Waals surface area contributed by atoms with E-state index in [1.807, 2.05) is 48.8 Å². The third kappa shape index (κ3) is 1.48. The number of benzene rings is 2. The Bertz CT molecular complexity index is 924. The van der Waals surface area contributed by atoms with Crippen molar-refractivity contribution in [3.8, 4) is 5.69 Å². The number of aromatic nitrogens is 3. The zero-order valence-corrected chi connectivity index (χ0v) is 10.7. The van der Waals surface area contributed by atoms with E-state index in [2.05, 4.69) is 20.6 Å². The van der Waals surface area contributed by atoms with Gasteiger partial charge in [0.05, 0.1) is 27.9 Å². The number of anilines is 1. The Hall–Kier alpha value is -2.88. The summed E-state index contributed by atoms with van der Waals surface area (Å²) in [6.45, 7) is 0. The van der Waals surface area contributed by atoms with Gasteiger partial charge in [0, 0.05) is 11.6 Å². The monoisotopic (exact) mass is 260 g/mol. The Labute approximate surface area is 115 Å². The van der Waals surface area contributed by atoms with E-state index in [0.29, 0.717) is 5.69 Å². The molecule has 0 unspecified atom stereocenters. The minimum absolute atomic E-state index is 0.689. The average Bonchev–Trinajstić information content (AvgIpc) is 2.91. The standard InChI is InChI=1S/C16H12N4/c17-12-5-3-4-11-14(8-9-18-16(11)12)20-10-19-13-6-1-2-7-15(13)20/h1-10H,17H2. The van der Waals surface area contributed by atoms with Gasteiger partial charge in [-0.25, -0.2) is 4.98 Å². The minimum atomic E-state index is 0.689. The Morgan fingerprint density at radius 2 is 1.80 bits per heavy atom. The van der Waals surface area contributed by atoms with Crippen LogP contribution < -0.4 is 5.73 Å². The van der Waals surface area contributed by atoms with E-state index in [-0.39, 0.29) is 0 Å². The van der Waals surface area contributed by atoms with Crippen LogP contribution in [0.2, 0.25) is 0 Å². The molecule has 0 amide bonds. The summed E-state index contributed by atoms with van der Waals surface area (Å²) in [6, 6.07) is 15.9.